The van der Waals surface area contributed by atoms with Gasteiger partial charge in [-0.1, -0.05) is 20.8 Å². The molecule has 0 radical (unpaired) electrons. The molecule has 1 N–H and O–H groups in total. The summed E-state index contributed by atoms with van der Waals surface area (Å²) in [6.07, 6.45) is 1.04. The highest BCUT2D eigenvalue weighted by molar-refractivity contribution is 7.55. The second kappa shape index (κ2) is 3.93. The molecule has 2 saturated heterocycles. The number of carbonyl (C=O) groups is 1. The van der Waals surface area contributed by atoms with Gasteiger partial charge in [0.15, 0.2) is 0 Å². The lowest BCUT2D eigenvalue weighted by Gasteiger charge is -2.54. The van der Waals surface area contributed by atoms with E-state index in [-0.39, 0.29) is 24.8 Å². The number of nitrogens with zero attached hydrogens (tertiary/aromatic N) is 1. The Morgan fingerprint density at radius 1 is 1.41 bits per heavy atom. The van der Waals surface area contributed by atoms with Crippen molar-refractivity contribution in [3.8, 4) is 0 Å². The van der Waals surface area contributed by atoms with E-state index in [0.717, 1.165) is 13.0 Å². The van der Waals surface area contributed by atoms with Gasteiger partial charge in [-0.3, -0.25) is 9.46 Å². The largest absolute Gasteiger partial charge is 0.354 e. The van der Waals surface area contributed by atoms with E-state index in [4.69, 9.17) is 0 Å². The molecular formula is C13H25N2OP. The summed E-state index contributed by atoms with van der Waals surface area (Å²) in [5.41, 5.74) is 0.545. The molecule has 2 rings (SSSR count). The maximum atomic E-state index is 12.2. The van der Waals surface area contributed by atoms with Crippen LogP contribution in [0.3, 0.4) is 0 Å². The van der Waals surface area contributed by atoms with Gasteiger partial charge in [-0.2, -0.15) is 0 Å². The predicted molar refractivity (Wildman–Crippen MR) is 73.4 cm³/mol. The molecule has 0 aromatic rings. The fraction of sp³-hybridized carbons (Fsp3) is 0.923. The Balaban J connectivity index is 2.44. The fourth-order valence-electron chi connectivity index (χ4n) is 3.41. The zero-order valence-corrected chi connectivity index (χ0v) is 12.8. The van der Waals surface area contributed by atoms with E-state index >= 15 is 0 Å². The van der Waals surface area contributed by atoms with E-state index in [1.807, 2.05) is 0 Å². The first-order chi connectivity index (χ1) is 7.74. The Morgan fingerprint density at radius 3 is 2.41 bits per heavy atom. The van der Waals surface area contributed by atoms with Gasteiger partial charge in [-0.15, -0.1) is 0 Å². The number of nitrogens with one attached hydrogen (secondary N) is 1. The van der Waals surface area contributed by atoms with Gasteiger partial charge < -0.3 is 5.32 Å². The third kappa shape index (κ3) is 1.58. The summed E-state index contributed by atoms with van der Waals surface area (Å²) in [7, 11) is 2.09. The van der Waals surface area contributed by atoms with Crippen molar-refractivity contribution in [2.75, 3.05) is 20.3 Å². The van der Waals surface area contributed by atoms with Crippen molar-refractivity contribution in [3.05, 3.63) is 0 Å². The summed E-state index contributed by atoms with van der Waals surface area (Å²) < 4.78 is 2.51. The molecule has 4 unspecified atom stereocenters. The number of carbonyl (C=O) groups excluding carboxylic acids is 1. The fourth-order valence-corrected chi connectivity index (χ4v) is 5.44. The molecule has 98 valence electrons. The average Bonchev–Trinajstić information content (AvgIpc) is 2.33. The van der Waals surface area contributed by atoms with Gasteiger partial charge in [-0.05, 0) is 46.2 Å². The first kappa shape index (κ1) is 13.3. The SMILES string of the molecule is CC1CC2(CNC2=O)C(C)(C)C(C)N(C)P1C. The molecular weight excluding hydrogens is 231 g/mol. The minimum atomic E-state index is -0.134. The highest BCUT2D eigenvalue weighted by Gasteiger charge is 2.61. The van der Waals surface area contributed by atoms with Crippen molar-refractivity contribution in [2.45, 2.75) is 45.8 Å². The molecule has 17 heavy (non-hydrogen) atoms. The Hall–Kier alpha value is -0.140. The number of amides is 1. The van der Waals surface area contributed by atoms with Crippen molar-refractivity contribution >= 4 is 14.0 Å². The summed E-state index contributed by atoms with van der Waals surface area (Å²) >= 11 is 0. The summed E-state index contributed by atoms with van der Waals surface area (Å²) in [5.74, 6) is 0.278. The van der Waals surface area contributed by atoms with Crippen LogP contribution in [0.2, 0.25) is 0 Å². The van der Waals surface area contributed by atoms with Crippen molar-refractivity contribution < 1.29 is 4.79 Å². The molecule has 1 spiro atoms. The van der Waals surface area contributed by atoms with Crippen LogP contribution in [-0.2, 0) is 4.79 Å². The predicted octanol–water partition coefficient (Wildman–Crippen LogP) is 2.27. The summed E-state index contributed by atoms with van der Waals surface area (Å²) in [5, 5.41) is 2.97. The zero-order valence-electron chi connectivity index (χ0n) is 11.9. The topological polar surface area (TPSA) is 32.3 Å². The maximum Gasteiger partial charge on any atom is 0.228 e. The lowest BCUT2D eigenvalue weighted by Crippen LogP contribution is -2.68. The van der Waals surface area contributed by atoms with Gasteiger partial charge in [0.05, 0.1) is 5.41 Å². The van der Waals surface area contributed by atoms with E-state index in [2.05, 4.69) is 51.4 Å². The van der Waals surface area contributed by atoms with Gasteiger partial charge in [0, 0.05) is 12.6 Å². The van der Waals surface area contributed by atoms with Crippen LogP contribution >= 0.6 is 8.07 Å². The molecule has 2 heterocycles. The van der Waals surface area contributed by atoms with Gasteiger partial charge in [0.2, 0.25) is 5.91 Å². The monoisotopic (exact) mass is 256 g/mol. The number of hydrogen-bond donors (Lipinski definition) is 1. The lowest BCUT2D eigenvalue weighted by atomic mass is 9.56. The summed E-state index contributed by atoms with van der Waals surface area (Å²) in [4.78, 5) is 12.2. The lowest BCUT2D eigenvalue weighted by molar-refractivity contribution is -0.154. The van der Waals surface area contributed by atoms with Crippen molar-refractivity contribution in [1.82, 2.24) is 9.99 Å². The first-order valence-corrected chi connectivity index (χ1v) is 8.29. The molecule has 1 amide bonds. The molecule has 0 aliphatic carbocycles. The molecule has 4 heteroatoms. The van der Waals surface area contributed by atoms with Crippen LogP contribution < -0.4 is 5.32 Å². The third-order valence-corrected chi connectivity index (χ3v) is 8.40. The maximum absolute atomic E-state index is 12.2. The van der Waals surface area contributed by atoms with Gasteiger partial charge in [0.1, 0.15) is 0 Å². The Bertz CT molecular complexity index is 344. The van der Waals surface area contributed by atoms with E-state index in [9.17, 15) is 4.79 Å². The average molecular weight is 256 g/mol. The van der Waals surface area contributed by atoms with E-state index in [1.54, 1.807) is 0 Å². The normalized spacial score (nSPS) is 46.2. The minimum Gasteiger partial charge on any atom is -0.354 e. The van der Waals surface area contributed by atoms with Crippen LogP contribution in [-0.4, -0.2) is 42.5 Å². The third-order valence-electron chi connectivity index (χ3n) is 5.60. The van der Waals surface area contributed by atoms with Crippen LogP contribution in [0.5, 0.6) is 0 Å². The highest BCUT2D eigenvalue weighted by atomic mass is 31.1. The summed E-state index contributed by atoms with van der Waals surface area (Å²) in [6.45, 7) is 12.4. The van der Waals surface area contributed by atoms with E-state index < -0.39 is 0 Å². The number of β-lactam (4-membered cyclic amide) rings is 1. The smallest absolute Gasteiger partial charge is 0.228 e. The molecule has 2 aliphatic heterocycles. The van der Waals surface area contributed by atoms with Crippen molar-refractivity contribution in [2.24, 2.45) is 10.8 Å². The Kier molecular flexibility index (Phi) is 3.07. The van der Waals surface area contributed by atoms with Gasteiger partial charge in [0.25, 0.3) is 0 Å². The van der Waals surface area contributed by atoms with E-state index in [1.165, 1.54) is 0 Å². The molecule has 0 saturated carbocycles. The quantitative estimate of drug-likeness (QED) is 0.532. The second-order valence-corrected chi connectivity index (χ2v) is 9.02. The van der Waals surface area contributed by atoms with E-state index in [0.29, 0.717) is 11.7 Å². The first-order valence-electron chi connectivity index (χ1n) is 6.48. The van der Waals surface area contributed by atoms with Crippen LogP contribution in [0.4, 0.5) is 0 Å². The van der Waals surface area contributed by atoms with Gasteiger partial charge >= 0.3 is 0 Å². The zero-order chi connectivity index (χ0) is 13.0. The van der Waals surface area contributed by atoms with Crippen molar-refractivity contribution in [3.63, 3.8) is 0 Å². The van der Waals surface area contributed by atoms with Crippen LogP contribution in [0, 0.1) is 10.8 Å². The Morgan fingerprint density at radius 2 is 2.00 bits per heavy atom. The molecule has 4 atom stereocenters. The standard InChI is InChI=1S/C13H25N2OP/c1-9-7-13(8-14-11(13)16)12(3,4)10(2)15(5)17(9)6/h9-10H,7-8H2,1-6H3,(H,14,16). The molecule has 2 aliphatic rings. The molecule has 0 bridgehead atoms. The molecule has 0 aromatic heterocycles. The molecule has 0 aromatic carbocycles. The van der Waals surface area contributed by atoms with Gasteiger partial charge in [-0.25, -0.2) is 0 Å². The Labute approximate surface area is 106 Å². The molecule has 2 fully saturated rings. The number of hydrogen-bond acceptors (Lipinski definition) is 2. The van der Waals surface area contributed by atoms with Crippen LogP contribution in [0.25, 0.3) is 0 Å². The number of rotatable bonds is 0. The second-order valence-electron chi connectivity index (χ2n) is 6.36. The minimum absolute atomic E-state index is 0.0471. The highest BCUT2D eigenvalue weighted by Crippen LogP contribution is 2.60. The summed E-state index contributed by atoms with van der Waals surface area (Å²) in [6, 6.07) is 0.453. The van der Waals surface area contributed by atoms with Crippen molar-refractivity contribution in [1.29, 1.82) is 0 Å². The molecule has 3 nitrogen and oxygen atoms in total. The van der Waals surface area contributed by atoms with Crippen LogP contribution in [0.1, 0.15) is 34.1 Å². The van der Waals surface area contributed by atoms with Crippen LogP contribution in [0.15, 0.2) is 0 Å².